The zero-order valence-electron chi connectivity index (χ0n) is 7.75. The Labute approximate surface area is 93.6 Å². The third-order valence-corrected chi connectivity index (χ3v) is 2.18. The molecule has 1 heterocycles. The SMILES string of the molecule is FC(F)(F)Oc1cc2ncccc2cc1Cl. The van der Waals surface area contributed by atoms with Crippen LogP contribution in [0.2, 0.25) is 5.02 Å². The largest absolute Gasteiger partial charge is 0.573 e. The van der Waals surface area contributed by atoms with Crippen molar-refractivity contribution < 1.29 is 17.9 Å². The first-order valence-corrected chi connectivity index (χ1v) is 4.63. The fourth-order valence-corrected chi connectivity index (χ4v) is 1.49. The Morgan fingerprint density at radius 2 is 2.00 bits per heavy atom. The monoisotopic (exact) mass is 247 g/mol. The second-order valence-corrected chi connectivity index (χ2v) is 3.43. The number of pyridine rings is 1. The van der Waals surface area contributed by atoms with Crippen LogP contribution in [0.3, 0.4) is 0 Å². The molecule has 0 aliphatic rings. The van der Waals surface area contributed by atoms with Crippen molar-refractivity contribution in [2.24, 2.45) is 0 Å². The molecule has 2 nitrogen and oxygen atoms in total. The highest BCUT2D eigenvalue weighted by atomic mass is 35.5. The molecule has 0 saturated carbocycles. The van der Waals surface area contributed by atoms with E-state index >= 15 is 0 Å². The van der Waals surface area contributed by atoms with Crippen LogP contribution in [-0.4, -0.2) is 11.3 Å². The van der Waals surface area contributed by atoms with E-state index in [2.05, 4.69) is 9.72 Å². The normalized spacial score (nSPS) is 11.8. The molecule has 16 heavy (non-hydrogen) atoms. The van der Waals surface area contributed by atoms with E-state index in [1.54, 1.807) is 12.1 Å². The predicted molar refractivity (Wildman–Crippen MR) is 53.4 cm³/mol. The summed E-state index contributed by atoms with van der Waals surface area (Å²) in [6, 6.07) is 5.91. The first-order valence-electron chi connectivity index (χ1n) is 4.26. The molecule has 1 aromatic heterocycles. The summed E-state index contributed by atoms with van der Waals surface area (Å²) in [5.41, 5.74) is 0.395. The summed E-state index contributed by atoms with van der Waals surface area (Å²) in [6.45, 7) is 0. The van der Waals surface area contributed by atoms with E-state index in [1.807, 2.05) is 0 Å². The fourth-order valence-electron chi connectivity index (χ4n) is 1.28. The Morgan fingerprint density at radius 3 is 2.69 bits per heavy atom. The van der Waals surface area contributed by atoms with E-state index in [0.717, 1.165) is 6.07 Å². The van der Waals surface area contributed by atoms with Crippen molar-refractivity contribution in [3.63, 3.8) is 0 Å². The van der Waals surface area contributed by atoms with Crippen LogP contribution in [0.4, 0.5) is 13.2 Å². The number of alkyl halides is 3. The average molecular weight is 248 g/mol. The van der Waals surface area contributed by atoms with Gasteiger partial charge in [-0.15, -0.1) is 13.2 Å². The predicted octanol–water partition coefficient (Wildman–Crippen LogP) is 3.79. The topological polar surface area (TPSA) is 22.1 Å². The lowest BCUT2D eigenvalue weighted by atomic mass is 10.2. The summed E-state index contributed by atoms with van der Waals surface area (Å²) in [5, 5.41) is 0.555. The Hall–Kier alpha value is -1.49. The summed E-state index contributed by atoms with van der Waals surface area (Å²) in [7, 11) is 0. The van der Waals surface area contributed by atoms with Gasteiger partial charge in [0.25, 0.3) is 0 Å². The van der Waals surface area contributed by atoms with Crippen LogP contribution in [0.25, 0.3) is 10.9 Å². The molecule has 2 aromatic rings. The number of halogens is 4. The maximum Gasteiger partial charge on any atom is 0.573 e. The second kappa shape index (κ2) is 3.83. The van der Waals surface area contributed by atoms with Crippen LogP contribution >= 0.6 is 11.6 Å². The number of fused-ring (bicyclic) bond motifs is 1. The number of nitrogens with zero attached hydrogens (tertiary/aromatic N) is 1. The van der Waals surface area contributed by atoms with Crippen LogP contribution in [0.15, 0.2) is 30.5 Å². The number of hydrogen-bond donors (Lipinski definition) is 0. The Kier molecular flexibility index (Phi) is 2.63. The zero-order chi connectivity index (χ0) is 11.8. The third-order valence-electron chi connectivity index (χ3n) is 1.88. The molecule has 0 radical (unpaired) electrons. The van der Waals surface area contributed by atoms with Crippen molar-refractivity contribution in [2.45, 2.75) is 6.36 Å². The maximum absolute atomic E-state index is 12.0. The molecule has 0 N–H and O–H groups in total. The van der Waals surface area contributed by atoms with Gasteiger partial charge in [-0.25, -0.2) is 0 Å². The van der Waals surface area contributed by atoms with Crippen molar-refractivity contribution >= 4 is 22.5 Å². The molecule has 0 spiro atoms. The summed E-state index contributed by atoms with van der Waals surface area (Å²) in [6.07, 6.45) is -3.28. The van der Waals surface area contributed by atoms with Gasteiger partial charge >= 0.3 is 6.36 Å². The average Bonchev–Trinajstić information content (AvgIpc) is 2.17. The quantitative estimate of drug-likeness (QED) is 0.765. The van der Waals surface area contributed by atoms with Gasteiger partial charge in [-0.1, -0.05) is 17.7 Å². The van der Waals surface area contributed by atoms with Crippen molar-refractivity contribution in [1.29, 1.82) is 0 Å². The van der Waals surface area contributed by atoms with Crippen molar-refractivity contribution in [3.05, 3.63) is 35.5 Å². The Morgan fingerprint density at radius 1 is 1.25 bits per heavy atom. The molecular weight excluding hydrogens is 243 g/mol. The zero-order valence-corrected chi connectivity index (χ0v) is 8.51. The molecule has 0 amide bonds. The van der Waals surface area contributed by atoms with Gasteiger partial charge in [0.1, 0.15) is 5.75 Å². The molecule has 2 rings (SSSR count). The van der Waals surface area contributed by atoms with E-state index in [9.17, 15) is 13.2 Å². The highest BCUT2D eigenvalue weighted by Gasteiger charge is 2.32. The van der Waals surface area contributed by atoms with E-state index in [-0.39, 0.29) is 5.02 Å². The lowest BCUT2D eigenvalue weighted by Crippen LogP contribution is -2.17. The molecule has 1 aromatic carbocycles. The smallest absolute Gasteiger partial charge is 0.404 e. The minimum atomic E-state index is -4.76. The molecule has 0 unspecified atom stereocenters. The van der Waals surface area contributed by atoms with Crippen molar-refractivity contribution in [3.8, 4) is 5.75 Å². The number of hydrogen-bond acceptors (Lipinski definition) is 2. The van der Waals surface area contributed by atoms with Gasteiger partial charge in [0, 0.05) is 17.6 Å². The van der Waals surface area contributed by atoms with Crippen LogP contribution in [0, 0.1) is 0 Å². The molecular formula is C10H5ClF3NO. The minimum absolute atomic E-state index is 0.0992. The van der Waals surface area contributed by atoms with E-state index < -0.39 is 12.1 Å². The highest BCUT2D eigenvalue weighted by Crippen LogP contribution is 2.32. The number of benzene rings is 1. The van der Waals surface area contributed by atoms with Crippen LogP contribution < -0.4 is 4.74 Å². The molecule has 0 bridgehead atoms. The number of aromatic nitrogens is 1. The maximum atomic E-state index is 12.0. The lowest BCUT2D eigenvalue weighted by Gasteiger charge is -2.10. The van der Waals surface area contributed by atoms with Gasteiger partial charge in [-0.05, 0) is 12.1 Å². The molecule has 0 aliphatic carbocycles. The molecule has 0 fully saturated rings. The van der Waals surface area contributed by atoms with E-state index in [4.69, 9.17) is 11.6 Å². The van der Waals surface area contributed by atoms with Gasteiger partial charge in [0.05, 0.1) is 10.5 Å². The first kappa shape index (κ1) is 11.0. The van der Waals surface area contributed by atoms with Gasteiger partial charge in [0.15, 0.2) is 0 Å². The van der Waals surface area contributed by atoms with Crippen LogP contribution in [0.1, 0.15) is 0 Å². The first-order chi connectivity index (χ1) is 7.46. The molecule has 0 aliphatic heterocycles. The standard InChI is InChI=1S/C10H5ClF3NO/c11-7-4-6-2-1-3-15-8(6)5-9(7)16-10(12,13)14/h1-5H. The highest BCUT2D eigenvalue weighted by molar-refractivity contribution is 6.32. The Balaban J connectivity index is 2.50. The fraction of sp³-hybridized carbons (Fsp3) is 0.100. The summed E-state index contributed by atoms with van der Waals surface area (Å²) < 4.78 is 39.8. The summed E-state index contributed by atoms with van der Waals surface area (Å²) in [4.78, 5) is 3.91. The molecule has 0 atom stereocenters. The lowest BCUT2D eigenvalue weighted by molar-refractivity contribution is -0.274. The van der Waals surface area contributed by atoms with Gasteiger partial charge in [-0.3, -0.25) is 4.98 Å². The second-order valence-electron chi connectivity index (χ2n) is 3.03. The van der Waals surface area contributed by atoms with Gasteiger partial charge < -0.3 is 4.74 Å². The van der Waals surface area contributed by atoms with Crippen molar-refractivity contribution in [1.82, 2.24) is 4.98 Å². The number of ether oxygens (including phenoxy) is 1. The van der Waals surface area contributed by atoms with E-state index in [1.165, 1.54) is 12.3 Å². The van der Waals surface area contributed by atoms with Crippen LogP contribution in [0.5, 0.6) is 5.75 Å². The molecule has 84 valence electrons. The summed E-state index contributed by atoms with van der Waals surface area (Å²) in [5.74, 6) is -0.444. The molecule has 6 heteroatoms. The minimum Gasteiger partial charge on any atom is -0.404 e. The van der Waals surface area contributed by atoms with Crippen LogP contribution in [-0.2, 0) is 0 Å². The van der Waals surface area contributed by atoms with Gasteiger partial charge in [0.2, 0.25) is 0 Å². The summed E-state index contributed by atoms with van der Waals surface area (Å²) >= 11 is 5.66. The van der Waals surface area contributed by atoms with E-state index in [0.29, 0.717) is 10.9 Å². The number of rotatable bonds is 1. The van der Waals surface area contributed by atoms with Crippen molar-refractivity contribution in [2.75, 3.05) is 0 Å². The Bertz CT molecular complexity index is 527. The molecule has 0 saturated heterocycles. The van der Waals surface area contributed by atoms with Gasteiger partial charge in [-0.2, -0.15) is 0 Å². The third kappa shape index (κ3) is 2.36.